The van der Waals surface area contributed by atoms with Gasteiger partial charge in [0.05, 0.1) is 11.1 Å². The molecule has 0 bridgehead atoms. The second-order valence-corrected chi connectivity index (χ2v) is 9.09. The van der Waals surface area contributed by atoms with Crippen molar-refractivity contribution in [1.29, 1.82) is 0 Å². The van der Waals surface area contributed by atoms with Crippen LogP contribution in [0.25, 0.3) is 16.6 Å². The topological polar surface area (TPSA) is 109 Å². The van der Waals surface area contributed by atoms with Crippen molar-refractivity contribution in [1.82, 2.24) is 25.0 Å². The van der Waals surface area contributed by atoms with E-state index in [1.54, 1.807) is 42.6 Å². The van der Waals surface area contributed by atoms with E-state index in [2.05, 4.69) is 20.6 Å². The zero-order valence-corrected chi connectivity index (χ0v) is 19.1. The summed E-state index contributed by atoms with van der Waals surface area (Å²) in [6.45, 7) is 0.896. The predicted molar refractivity (Wildman–Crippen MR) is 129 cm³/mol. The fraction of sp³-hybridized carbons (Fsp3) is 0.308. The number of fused-ring (bicyclic) bond motifs is 2. The lowest BCUT2D eigenvalue weighted by Gasteiger charge is -2.22. The number of hydrogen-bond donors (Lipinski definition) is 3. The van der Waals surface area contributed by atoms with Crippen molar-refractivity contribution in [2.45, 2.75) is 44.4 Å². The summed E-state index contributed by atoms with van der Waals surface area (Å²) in [6.07, 6.45) is 5.14. The van der Waals surface area contributed by atoms with Crippen LogP contribution in [0.15, 0.2) is 59.5 Å². The number of aromatic nitrogens is 3. The molecule has 0 radical (unpaired) electrons. The van der Waals surface area contributed by atoms with Gasteiger partial charge in [0.1, 0.15) is 11.3 Å². The molecule has 1 aliphatic rings. The molecule has 9 heteroatoms. The normalized spacial score (nSPS) is 15.0. The maximum absolute atomic E-state index is 14.5. The van der Waals surface area contributed by atoms with Gasteiger partial charge in [0.15, 0.2) is 0 Å². The Bertz CT molecular complexity index is 1460. The van der Waals surface area contributed by atoms with E-state index in [4.69, 9.17) is 0 Å². The number of nitrogens with one attached hydrogen (secondary N) is 2. The molecule has 1 saturated carbocycles. The summed E-state index contributed by atoms with van der Waals surface area (Å²) in [6, 6.07) is 13.4. The van der Waals surface area contributed by atoms with Crippen molar-refractivity contribution >= 4 is 22.5 Å². The fourth-order valence-electron chi connectivity index (χ4n) is 4.56. The molecule has 3 N–H and O–H groups in total. The highest BCUT2D eigenvalue weighted by molar-refractivity contribution is 5.92. The van der Waals surface area contributed by atoms with Crippen LogP contribution in [0.5, 0.6) is 0 Å². The smallest absolute Gasteiger partial charge is 0.270 e. The number of hydrogen-bond acceptors (Lipinski definition) is 6. The summed E-state index contributed by atoms with van der Waals surface area (Å²) in [7, 11) is 0. The molecule has 0 aliphatic heterocycles. The van der Waals surface area contributed by atoms with Gasteiger partial charge >= 0.3 is 0 Å². The van der Waals surface area contributed by atoms with Crippen LogP contribution in [-0.2, 0) is 13.1 Å². The van der Waals surface area contributed by atoms with E-state index in [-0.39, 0.29) is 24.3 Å². The lowest BCUT2D eigenvalue weighted by Crippen LogP contribution is -2.37. The first kappa shape index (κ1) is 23.1. The Morgan fingerprint density at radius 1 is 1.09 bits per heavy atom. The lowest BCUT2D eigenvalue weighted by molar-refractivity contribution is 0.0474. The fourth-order valence-corrected chi connectivity index (χ4v) is 4.56. The number of pyridine rings is 2. The zero-order valence-electron chi connectivity index (χ0n) is 19.1. The van der Waals surface area contributed by atoms with Crippen molar-refractivity contribution in [3.8, 4) is 0 Å². The number of nitrogens with zero attached hydrogens (tertiary/aromatic N) is 3. The highest BCUT2D eigenvalue weighted by Gasteiger charge is 2.30. The van der Waals surface area contributed by atoms with Crippen LogP contribution in [0.1, 0.15) is 47.3 Å². The van der Waals surface area contributed by atoms with Gasteiger partial charge in [-0.05, 0) is 48.7 Å². The minimum Gasteiger partial charge on any atom is -0.389 e. The van der Waals surface area contributed by atoms with Gasteiger partial charge < -0.3 is 15.7 Å². The number of amides is 1. The molecule has 5 rings (SSSR count). The standard InChI is InChI=1S/C26H26FN5O3/c27-24-19(15-28-16-26(35)8-2-3-9-26)12-18-11-17(6-7-20(18)31-24)14-29-25(34)21-13-23(33)32-10-4-1-5-22(32)30-21/h1,4-7,10-13,28,35H,2-3,8-9,14-16H2,(H,29,34). The SMILES string of the molecule is O=C(NCc1ccc2nc(F)c(CNCC3(O)CCCC3)cc2c1)c1cc(=O)n2ccccc2n1. The zero-order chi connectivity index (χ0) is 24.4. The molecule has 1 amide bonds. The number of aliphatic hydroxyl groups is 1. The van der Waals surface area contributed by atoms with Gasteiger partial charge in [-0.2, -0.15) is 4.39 Å². The first-order valence-electron chi connectivity index (χ1n) is 11.7. The molecule has 1 aliphatic carbocycles. The van der Waals surface area contributed by atoms with Crippen molar-refractivity contribution in [2.24, 2.45) is 0 Å². The third kappa shape index (κ3) is 5.06. The number of carbonyl (C=O) groups excluding carboxylic acids is 1. The summed E-state index contributed by atoms with van der Waals surface area (Å²) >= 11 is 0. The third-order valence-electron chi connectivity index (χ3n) is 6.47. The van der Waals surface area contributed by atoms with Gasteiger partial charge in [-0.15, -0.1) is 0 Å². The predicted octanol–water partition coefficient (Wildman–Crippen LogP) is 2.71. The maximum atomic E-state index is 14.5. The van der Waals surface area contributed by atoms with Gasteiger partial charge in [0.25, 0.3) is 11.5 Å². The molecule has 8 nitrogen and oxygen atoms in total. The highest BCUT2D eigenvalue weighted by atomic mass is 19.1. The average Bonchev–Trinajstić information content (AvgIpc) is 3.29. The molecule has 0 saturated heterocycles. The van der Waals surface area contributed by atoms with Crippen molar-refractivity contribution in [3.05, 3.63) is 87.9 Å². The van der Waals surface area contributed by atoms with Crippen molar-refractivity contribution in [3.63, 3.8) is 0 Å². The van der Waals surface area contributed by atoms with Gasteiger partial charge in [0.2, 0.25) is 5.95 Å². The molecule has 3 heterocycles. The van der Waals surface area contributed by atoms with Gasteiger partial charge in [0, 0.05) is 42.8 Å². The quantitative estimate of drug-likeness (QED) is 0.355. The average molecular weight is 476 g/mol. The summed E-state index contributed by atoms with van der Waals surface area (Å²) in [5.74, 6) is -1.00. The Morgan fingerprint density at radius 3 is 2.74 bits per heavy atom. The largest absolute Gasteiger partial charge is 0.389 e. The van der Waals surface area contributed by atoms with Crippen LogP contribution in [0.4, 0.5) is 4.39 Å². The van der Waals surface area contributed by atoms with Crippen LogP contribution in [-0.4, -0.2) is 37.5 Å². The molecule has 0 unspecified atom stereocenters. The molecule has 0 spiro atoms. The summed E-state index contributed by atoms with van der Waals surface area (Å²) in [4.78, 5) is 33.2. The minimum absolute atomic E-state index is 0.0444. The van der Waals surface area contributed by atoms with E-state index in [0.29, 0.717) is 23.3 Å². The molecule has 3 aromatic heterocycles. The first-order valence-corrected chi connectivity index (χ1v) is 11.7. The number of benzene rings is 1. The molecule has 1 aromatic carbocycles. The number of carbonyl (C=O) groups is 1. The van der Waals surface area contributed by atoms with E-state index in [9.17, 15) is 19.1 Å². The summed E-state index contributed by atoms with van der Waals surface area (Å²) in [5, 5.41) is 17.2. The van der Waals surface area contributed by atoms with E-state index < -0.39 is 17.5 Å². The van der Waals surface area contributed by atoms with E-state index in [1.807, 2.05) is 6.07 Å². The minimum atomic E-state index is -0.711. The lowest BCUT2D eigenvalue weighted by atomic mass is 10.0. The number of halogens is 1. The molecule has 0 atom stereocenters. The van der Waals surface area contributed by atoms with E-state index in [0.717, 1.165) is 36.6 Å². The number of rotatable bonds is 7. The van der Waals surface area contributed by atoms with Gasteiger partial charge in [-0.25, -0.2) is 9.97 Å². The summed E-state index contributed by atoms with van der Waals surface area (Å²) < 4.78 is 15.9. The Labute approximate surface area is 200 Å². The maximum Gasteiger partial charge on any atom is 0.270 e. The first-order chi connectivity index (χ1) is 16.9. The molecule has 1 fully saturated rings. The van der Waals surface area contributed by atoms with Gasteiger partial charge in [-0.1, -0.05) is 25.0 Å². The Hall–Kier alpha value is -3.69. The third-order valence-corrected chi connectivity index (χ3v) is 6.47. The Balaban J connectivity index is 1.27. The Morgan fingerprint density at radius 2 is 1.91 bits per heavy atom. The van der Waals surface area contributed by atoms with E-state index in [1.165, 1.54) is 10.5 Å². The van der Waals surface area contributed by atoms with Crippen LogP contribution in [0, 0.1) is 5.95 Å². The highest BCUT2D eigenvalue weighted by Crippen LogP contribution is 2.28. The second-order valence-electron chi connectivity index (χ2n) is 9.09. The van der Waals surface area contributed by atoms with Crippen LogP contribution < -0.4 is 16.2 Å². The Kier molecular flexibility index (Phi) is 6.27. The van der Waals surface area contributed by atoms with Crippen LogP contribution >= 0.6 is 0 Å². The van der Waals surface area contributed by atoms with Crippen LogP contribution in [0.3, 0.4) is 0 Å². The van der Waals surface area contributed by atoms with Crippen LogP contribution in [0.2, 0.25) is 0 Å². The van der Waals surface area contributed by atoms with Crippen molar-refractivity contribution < 1.29 is 14.3 Å². The van der Waals surface area contributed by atoms with Crippen molar-refractivity contribution in [2.75, 3.05) is 6.54 Å². The summed E-state index contributed by atoms with van der Waals surface area (Å²) in [5.41, 5.74) is 1.13. The molecule has 35 heavy (non-hydrogen) atoms. The van der Waals surface area contributed by atoms with E-state index >= 15 is 0 Å². The monoisotopic (exact) mass is 475 g/mol. The molecule has 180 valence electrons. The molecular weight excluding hydrogens is 449 g/mol. The van der Waals surface area contributed by atoms with Gasteiger partial charge in [-0.3, -0.25) is 14.0 Å². The molecular formula is C26H26FN5O3. The molecule has 4 aromatic rings. The second kappa shape index (κ2) is 9.52.